The van der Waals surface area contributed by atoms with Gasteiger partial charge in [-0.3, -0.25) is 4.79 Å². The van der Waals surface area contributed by atoms with E-state index in [1.807, 2.05) is 13.0 Å². The number of carbonyl (C=O) groups is 1. The molecule has 2 N–H and O–H groups in total. The molecule has 0 saturated heterocycles. The normalized spacial score (nSPS) is 11.1. The molecule has 0 aliphatic heterocycles. The van der Waals surface area contributed by atoms with Gasteiger partial charge in [0.15, 0.2) is 5.03 Å². The molecule has 0 unspecified atom stereocenters. The van der Waals surface area contributed by atoms with Crippen molar-refractivity contribution in [3.63, 3.8) is 0 Å². The number of sulfone groups is 1. The van der Waals surface area contributed by atoms with Crippen molar-refractivity contribution < 1.29 is 22.7 Å². The quantitative estimate of drug-likeness (QED) is 0.355. The van der Waals surface area contributed by atoms with Crippen LogP contribution in [0.15, 0.2) is 83.9 Å². The Labute approximate surface area is 203 Å². The van der Waals surface area contributed by atoms with Crippen molar-refractivity contribution in [2.24, 2.45) is 0 Å². The fourth-order valence-corrected chi connectivity index (χ4v) is 4.80. The Morgan fingerprint density at radius 3 is 2.34 bits per heavy atom. The van der Waals surface area contributed by atoms with Crippen LogP contribution in [-0.2, 0) is 14.6 Å². The third kappa shape index (κ3) is 5.70. The zero-order valence-corrected chi connectivity index (χ0v) is 20.1. The molecule has 0 atom stereocenters. The molecule has 0 spiro atoms. The van der Waals surface area contributed by atoms with E-state index < -0.39 is 21.5 Å². The Morgan fingerprint density at radius 2 is 1.66 bits per heavy atom. The summed E-state index contributed by atoms with van der Waals surface area (Å²) < 4.78 is 37.4. The average Bonchev–Trinajstić information content (AvgIpc) is 3.33. The number of imidazole rings is 1. The van der Waals surface area contributed by atoms with Gasteiger partial charge in [0.05, 0.1) is 13.7 Å². The number of hydrogen-bond acceptors (Lipinski definition) is 6. The molecule has 4 rings (SSSR count). The lowest BCUT2D eigenvalue weighted by molar-refractivity contribution is -0.113. The predicted octanol–water partition coefficient (Wildman–Crippen LogP) is 4.56. The number of amides is 1. The summed E-state index contributed by atoms with van der Waals surface area (Å²) in [4.78, 5) is 20.2. The maximum Gasteiger partial charge on any atom is 0.240 e. The fraction of sp³-hybridized carbons (Fsp3) is 0.154. The molecule has 0 fully saturated rings. The molecule has 1 amide bonds. The van der Waals surface area contributed by atoms with E-state index in [2.05, 4.69) is 15.3 Å². The number of aromatic amines is 1. The number of benzene rings is 3. The number of ether oxygens (including phenoxy) is 2. The van der Waals surface area contributed by atoms with Gasteiger partial charge in [0, 0.05) is 16.8 Å². The Balaban J connectivity index is 1.64. The molecule has 3 aromatic carbocycles. The molecule has 8 nitrogen and oxygen atoms in total. The average molecular weight is 492 g/mol. The van der Waals surface area contributed by atoms with Gasteiger partial charge < -0.3 is 19.8 Å². The first-order chi connectivity index (χ1) is 16.9. The Kier molecular flexibility index (Phi) is 7.17. The molecule has 1 heterocycles. The van der Waals surface area contributed by atoms with Gasteiger partial charge in [-0.2, -0.15) is 0 Å². The molecule has 180 valence electrons. The Bertz CT molecular complexity index is 1420. The highest BCUT2D eigenvalue weighted by Crippen LogP contribution is 2.31. The third-order valence-corrected chi connectivity index (χ3v) is 6.70. The maximum atomic E-state index is 13.4. The number of aromatic nitrogens is 2. The minimum absolute atomic E-state index is 0.122. The van der Waals surface area contributed by atoms with Crippen LogP contribution in [0.25, 0.3) is 22.6 Å². The Hall–Kier alpha value is -4.11. The fourth-order valence-electron chi connectivity index (χ4n) is 3.52. The molecule has 0 bridgehead atoms. The number of H-pyrrole nitrogens is 1. The zero-order chi connectivity index (χ0) is 24.8. The lowest BCUT2D eigenvalue weighted by Crippen LogP contribution is -2.23. The van der Waals surface area contributed by atoms with Gasteiger partial charge in [0.1, 0.15) is 28.8 Å². The first-order valence-corrected chi connectivity index (χ1v) is 12.6. The van der Waals surface area contributed by atoms with E-state index >= 15 is 0 Å². The van der Waals surface area contributed by atoms with E-state index in [0.717, 1.165) is 0 Å². The van der Waals surface area contributed by atoms with Gasteiger partial charge in [-0.15, -0.1) is 0 Å². The monoisotopic (exact) mass is 491 g/mol. The Morgan fingerprint density at radius 1 is 0.943 bits per heavy atom. The van der Waals surface area contributed by atoms with E-state index in [0.29, 0.717) is 40.7 Å². The molecular formula is C26H25N3O5S. The summed E-state index contributed by atoms with van der Waals surface area (Å²) in [6, 6.07) is 22.8. The van der Waals surface area contributed by atoms with Gasteiger partial charge in [-0.25, -0.2) is 13.4 Å². The lowest BCUT2D eigenvalue weighted by Gasteiger charge is -2.08. The second kappa shape index (κ2) is 10.4. The summed E-state index contributed by atoms with van der Waals surface area (Å²) in [7, 11) is -2.51. The molecule has 35 heavy (non-hydrogen) atoms. The van der Waals surface area contributed by atoms with Crippen molar-refractivity contribution >= 4 is 21.4 Å². The van der Waals surface area contributed by atoms with Crippen LogP contribution in [-0.4, -0.2) is 43.8 Å². The van der Waals surface area contributed by atoms with E-state index in [9.17, 15) is 13.2 Å². The minimum atomic E-state index is -4.06. The predicted molar refractivity (Wildman–Crippen MR) is 134 cm³/mol. The first kappa shape index (κ1) is 24.0. The van der Waals surface area contributed by atoms with E-state index in [-0.39, 0.29) is 10.7 Å². The second-order valence-electron chi connectivity index (χ2n) is 7.63. The van der Waals surface area contributed by atoms with Crippen LogP contribution in [0.1, 0.15) is 6.92 Å². The highest BCUT2D eigenvalue weighted by molar-refractivity contribution is 7.92. The maximum absolute atomic E-state index is 13.4. The standard InChI is InChI=1S/C26H25N3O5S/c1-3-34-21-14-12-20(13-15-21)27-23(30)17-35(31,32)26-24(18-8-5-4-6-9-18)28-25(29-26)19-10-7-11-22(16-19)33-2/h4-16H,3,17H2,1-2H3,(H,27,30)(H,28,29). The minimum Gasteiger partial charge on any atom is -0.497 e. The van der Waals surface area contributed by atoms with E-state index in [1.54, 1.807) is 79.9 Å². The van der Waals surface area contributed by atoms with Crippen molar-refractivity contribution in [1.82, 2.24) is 9.97 Å². The molecule has 1 aromatic heterocycles. The zero-order valence-electron chi connectivity index (χ0n) is 19.3. The van der Waals surface area contributed by atoms with Crippen LogP contribution >= 0.6 is 0 Å². The van der Waals surface area contributed by atoms with Crippen molar-refractivity contribution in [3.05, 3.63) is 78.9 Å². The van der Waals surface area contributed by atoms with Gasteiger partial charge in [0.2, 0.25) is 15.7 Å². The molecule has 0 saturated carbocycles. The van der Waals surface area contributed by atoms with Crippen LogP contribution < -0.4 is 14.8 Å². The number of hydrogen-bond donors (Lipinski definition) is 2. The first-order valence-electron chi connectivity index (χ1n) is 10.9. The summed E-state index contributed by atoms with van der Waals surface area (Å²) >= 11 is 0. The van der Waals surface area contributed by atoms with Crippen molar-refractivity contribution in [3.8, 4) is 34.1 Å². The molecule has 9 heteroatoms. The number of anilines is 1. The number of nitrogens with zero attached hydrogens (tertiary/aromatic N) is 1. The molecule has 0 radical (unpaired) electrons. The van der Waals surface area contributed by atoms with Crippen molar-refractivity contribution in [2.45, 2.75) is 11.9 Å². The summed E-state index contributed by atoms with van der Waals surface area (Å²) in [5.41, 5.74) is 1.99. The summed E-state index contributed by atoms with van der Waals surface area (Å²) in [5.74, 6) is 0.214. The van der Waals surface area contributed by atoms with Crippen LogP contribution in [0.5, 0.6) is 11.5 Å². The van der Waals surface area contributed by atoms with Gasteiger partial charge in [0.25, 0.3) is 0 Å². The lowest BCUT2D eigenvalue weighted by atomic mass is 10.2. The summed E-state index contributed by atoms with van der Waals surface area (Å²) in [6.07, 6.45) is 0. The second-order valence-corrected chi connectivity index (χ2v) is 9.55. The van der Waals surface area contributed by atoms with Gasteiger partial charge >= 0.3 is 0 Å². The van der Waals surface area contributed by atoms with Gasteiger partial charge in [-0.05, 0) is 43.3 Å². The third-order valence-electron chi connectivity index (χ3n) is 5.14. The van der Waals surface area contributed by atoms with Crippen LogP contribution in [0.2, 0.25) is 0 Å². The highest BCUT2D eigenvalue weighted by Gasteiger charge is 2.27. The SMILES string of the molecule is CCOc1ccc(NC(=O)CS(=O)(=O)c2[nH]c(-c3cccc(OC)c3)nc2-c2ccccc2)cc1. The van der Waals surface area contributed by atoms with Gasteiger partial charge in [-0.1, -0.05) is 42.5 Å². The molecule has 4 aromatic rings. The number of nitrogens with one attached hydrogen (secondary N) is 2. The highest BCUT2D eigenvalue weighted by atomic mass is 32.2. The van der Waals surface area contributed by atoms with Crippen LogP contribution in [0.4, 0.5) is 5.69 Å². The smallest absolute Gasteiger partial charge is 0.240 e. The van der Waals surface area contributed by atoms with Crippen LogP contribution in [0.3, 0.4) is 0 Å². The van der Waals surface area contributed by atoms with Crippen molar-refractivity contribution in [1.29, 1.82) is 0 Å². The van der Waals surface area contributed by atoms with E-state index in [4.69, 9.17) is 9.47 Å². The number of methoxy groups -OCH3 is 1. The van der Waals surface area contributed by atoms with Crippen LogP contribution in [0, 0.1) is 0 Å². The largest absolute Gasteiger partial charge is 0.497 e. The summed E-state index contributed by atoms with van der Waals surface area (Å²) in [6.45, 7) is 2.40. The number of rotatable bonds is 9. The number of carbonyl (C=O) groups excluding carboxylic acids is 1. The molecule has 0 aliphatic carbocycles. The van der Waals surface area contributed by atoms with Crippen molar-refractivity contribution in [2.75, 3.05) is 24.8 Å². The van der Waals surface area contributed by atoms with E-state index in [1.165, 1.54) is 0 Å². The molecular weight excluding hydrogens is 466 g/mol. The molecule has 0 aliphatic rings. The summed E-state index contributed by atoms with van der Waals surface area (Å²) in [5, 5.41) is 2.50. The topological polar surface area (TPSA) is 110 Å².